The second-order valence-electron chi connectivity index (χ2n) is 7.54. The van der Waals surface area contributed by atoms with Gasteiger partial charge >= 0.3 is 7.12 Å². The molecule has 0 bridgehead atoms. The number of nitrogens with zero attached hydrogens (tertiary/aromatic N) is 1. The van der Waals surface area contributed by atoms with E-state index in [0.29, 0.717) is 5.69 Å². The van der Waals surface area contributed by atoms with Gasteiger partial charge in [-0.3, -0.25) is 4.98 Å². The highest BCUT2D eigenvalue weighted by molar-refractivity contribution is 6.62. The minimum atomic E-state index is -0.413. The molecule has 2 rings (SSSR count). The highest BCUT2D eigenvalue weighted by Crippen LogP contribution is 2.36. The molecule has 2 N–H and O–H groups in total. The summed E-state index contributed by atoms with van der Waals surface area (Å²) >= 11 is 0. The minimum Gasteiger partial charge on any atom is -0.399 e. The van der Waals surface area contributed by atoms with Gasteiger partial charge in [0, 0.05) is 17.1 Å². The summed E-state index contributed by atoms with van der Waals surface area (Å²) in [5.74, 6) is 0. The molecule has 110 valence electrons. The predicted octanol–water partition coefficient (Wildman–Crippen LogP) is 2.26. The van der Waals surface area contributed by atoms with Gasteiger partial charge in [-0.05, 0) is 33.8 Å². The maximum Gasteiger partial charge on any atom is 0.496 e. The molecule has 1 aliphatic heterocycles. The Balaban J connectivity index is 2.31. The summed E-state index contributed by atoms with van der Waals surface area (Å²) in [6.45, 7) is 14.4. The minimum absolute atomic E-state index is 0.0709. The van der Waals surface area contributed by atoms with Crippen LogP contribution in [0.1, 0.15) is 54.2 Å². The van der Waals surface area contributed by atoms with Crippen LogP contribution in [-0.2, 0) is 14.7 Å². The zero-order valence-electron chi connectivity index (χ0n) is 13.6. The lowest BCUT2D eigenvalue weighted by Gasteiger charge is -2.32. The Morgan fingerprint density at radius 3 is 2.00 bits per heavy atom. The zero-order valence-corrected chi connectivity index (χ0v) is 13.6. The molecule has 1 aromatic rings. The lowest BCUT2D eigenvalue weighted by atomic mass is 9.79. The predicted molar refractivity (Wildman–Crippen MR) is 83.1 cm³/mol. The van der Waals surface area contributed by atoms with E-state index in [2.05, 4.69) is 25.8 Å². The van der Waals surface area contributed by atoms with Crippen LogP contribution in [0.5, 0.6) is 0 Å². The third kappa shape index (κ3) is 2.57. The van der Waals surface area contributed by atoms with E-state index in [1.807, 2.05) is 33.8 Å². The number of anilines is 1. The fraction of sp³-hybridized carbons (Fsp3) is 0.667. The molecule has 1 saturated heterocycles. The Kier molecular flexibility index (Phi) is 3.42. The van der Waals surface area contributed by atoms with Gasteiger partial charge in [0.1, 0.15) is 0 Å². The molecule has 5 heteroatoms. The number of nitrogen functional groups attached to an aromatic ring is 1. The van der Waals surface area contributed by atoms with Gasteiger partial charge in [-0.15, -0.1) is 0 Å². The molecule has 0 spiro atoms. The van der Waals surface area contributed by atoms with Gasteiger partial charge < -0.3 is 15.0 Å². The number of hydrogen-bond acceptors (Lipinski definition) is 4. The Bertz CT molecular complexity index is 505. The first kappa shape index (κ1) is 15.3. The highest BCUT2D eigenvalue weighted by atomic mass is 16.7. The topological polar surface area (TPSA) is 57.4 Å². The van der Waals surface area contributed by atoms with Gasteiger partial charge in [0.05, 0.1) is 22.6 Å². The molecule has 1 fully saturated rings. The first-order valence-corrected chi connectivity index (χ1v) is 7.05. The SMILES string of the molecule is CC(C)(C)c1ncc(B2OC(C)(C)C(C)(C)O2)cc1N. The lowest BCUT2D eigenvalue weighted by Crippen LogP contribution is -2.41. The van der Waals surface area contributed by atoms with E-state index >= 15 is 0 Å². The normalized spacial score (nSPS) is 21.2. The van der Waals surface area contributed by atoms with Crippen LogP contribution in [-0.4, -0.2) is 23.3 Å². The molecular formula is C15H25BN2O2. The molecule has 0 radical (unpaired) electrons. The Labute approximate surface area is 122 Å². The zero-order chi connectivity index (χ0) is 15.3. The summed E-state index contributed by atoms with van der Waals surface area (Å²) in [5.41, 5.74) is 7.82. The number of nitrogens with two attached hydrogens (primary N) is 1. The number of pyridine rings is 1. The third-order valence-electron chi connectivity index (χ3n) is 4.17. The van der Waals surface area contributed by atoms with E-state index in [0.717, 1.165) is 11.2 Å². The van der Waals surface area contributed by atoms with Gasteiger partial charge in [-0.2, -0.15) is 0 Å². The molecule has 0 unspecified atom stereocenters. The van der Waals surface area contributed by atoms with Gasteiger partial charge in [-0.1, -0.05) is 20.8 Å². The summed E-state index contributed by atoms with van der Waals surface area (Å²) in [5, 5.41) is 0. The first-order chi connectivity index (χ1) is 8.94. The van der Waals surface area contributed by atoms with Crippen LogP contribution in [0.2, 0.25) is 0 Å². The Morgan fingerprint density at radius 2 is 1.60 bits per heavy atom. The smallest absolute Gasteiger partial charge is 0.399 e. The van der Waals surface area contributed by atoms with Gasteiger partial charge in [0.15, 0.2) is 0 Å². The Morgan fingerprint density at radius 1 is 1.10 bits per heavy atom. The molecule has 0 saturated carbocycles. The van der Waals surface area contributed by atoms with Crippen molar-refractivity contribution in [2.75, 3.05) is 5.73 Å². The van der Waals surface area contributed by atoms with Crippen LogP contribution in [0.25, 0.3) is 0 Å². The number of hydrogen-bond donors (Lipinski definition) is 1. The van der Waals surface area contributed by atoms with E-state index in [-0.39, 0.29) is 16.6 Å². The van der Waals surface area contributed by atoms with Crippen LogP contribution in [0.3, 0.4) is 0 Å². The van der Waals surface area contributed by atoms with Crippen LogP contribution in [0.4, 0.5) is 5.69 Å². The molecule has 4 nitrogen and oxygen atoms in total. The Hall–Kier alpha value is -1.07. The van der Waals surface area contributed by atoms with Crippen molar-refractivity contribution in [2.24, 2.45) is 0 Å². The third-order valence-corrected chi connectivity index (χ3v) is 4.17. The molecule has 0 atom stereocenters. The van der Waals surface area contributed by atoms with Crippen LogP contribution >= 0.6 is 0 Å². The molecule has 20 heavy (non-hydrogen) atoms. The van der Waals surface area contributed by atoms with Crippen molar-refractivity contribution in [3.8, 4) is 0 Å². The van der Waals surface area contributed by atoms with Crippen molar-refractivity contribution in [2.45, 2.75) is 65.1 Å². The summed E-state index contributed by atoms with van der Waals surface area (Å²) in [6.07, 6.45) is 1.80. The van der Waals surface area contributed by atoms with Crippen molar-refractivity contribution in [3.63, 3.8) is 0 Å². The average Bonchev–Trinajstić information content (AvgIpc) is 2.46. The van der Waals surface area contributed by atoms with Crippen molar-refractivity contribution < 1.29 is 9.31 Å². The van der Waals surface area contributed by atoms with Gasteiger partial charge in [0.25, 0.3) is 0 Å². The standard InChI is InChI=1S/C15H25BN2O2/c1-13(2,3)12-11(17)8-10(9-18-12)16-19-14(4,5)15(6,7)20-16/h8-9H,17H2,1-7H3. The summed E-state index contributed by atoms with van der Waals surface area (Å²) in [6, 6.07) is 1.91. The van der Waals surface area contributed by atoms with Crippen molar-refractivity contribution >= 4 is 18.3 Å². The number of rotatable bonds is 1. The van der Waals surface area contributed by atoms with Crippen molar-refractivity contribution in [3.05, 3.63) is 18.0 Å². The second-order valence-corrected chi connectivity index (χ2v) is 7.54. The molecule has 2 heterocycles. The largest absolute Gasteiger partial charge is 0.496 e. The van der Waals surface area contributed by atoms with Crippen molar-refractivity contribution in [1.82, 2.24) is 4.98 Å². The quantitative estimate of drug-likeness (QED) is 0.799. The van der Waals surface area contributed by atoms with E-state index in [9.17, 15) is 0 Å². The summed E-state index contributed by atoms with van der Waals surface area (Å²) < 4.78 is 12.0. The van der Waals surface area contributed by atoms with Gasteiger partial charge in [-0.25, -0.2) is 0 Å². The van der Waals surface area contributed by atoms with E-state index in [1.165, 1.54) is 0 Å². The van der Waals surface area contributed by atoms with E-state index in [4.69, 9.17) is 15.0 Å². The molecule has 1 aromatic heterocycles. The fourth-order valence-corrected chi connectivity index (χ4v) is 2.23. The van der Waals surface area contributed by atoms with Crippen LogP contribution in [0.15, 0.2) is 12.3 Å². The van der Waals surface area contributed by atoms with Crippen LogP contribution < -0.4 is 11.2 Å². The summed E-state index contributed by atoms with van der Waals surface area (Å²) in [4.78, 5) is 4.50. The molecule has 0 aliphatic carbocycles. The first-order valence-electron chi connectivity index (χ1n) is 7.05. The molecule has 1 aliphatic rings. The fourth-order valence-electron chi connectivity index (χ4n) is 2.23. The van der Waals surface area contributed by atoms with Crippen molar-refractivity contribution in [1.29, 1.82) is 0 Å². The average molecular weight is 276 g/mol. The van der Waals surface area contributed by atoms with E-state index < -0.39 is 7.12 Å². The maximum atomic E-state index is 6.14. The lowest BCUT2D eigenvalue weighted by molar-refractivity contribution is 0.00578. The maximum absolute atomic E-state index is 6.14. The number of aromatic nitrogens is 1. The van der Waals surface area contributed by atoms with E-state index in [1.54, 1.807) is 6.20 Å². The highest BCUT2D eigenvalue weighted by Gasteiger charge is 2.51. The molecular weight excluding hydrogens is 251 g/mol. The van der Waals surface area contributed by atoms with Gasteiger partial charge in [0.2, 0.25) is 0 Å². The van der Waals surface area contributed by atoms with Crippen LogP contribution in [0, 0.1) is 0 Å². The summed E-state index contributed by atoms with van der Waals surface area (Å²) in [7, 11) is -0.413. The monoisotopic (exact) mass is 276 g/mol. The second kappa shape index (κ2) is 4.47. The molecule has 0 amide bonds. The molecule has 0 aromatic carbocycles.